The molecule has 3 aromatic rings. The molecule has 1 aliphatic heterocycles. The highest BCUT2D eigenvalue weighted by atomic mass is 16.5. The lowest BCUT2D eigenvalue weighted by Crippen LogP contribution is -2.36. The Morgan fingerprint density at radius 1 is 1.16 bits per heavy atom. The first kappa shape index (κ1) is 15.8. The van der Waals surface area contributed by atoms with Gasteiger partial charge in [-0.25, -0.2) is 0 Å². The van der Waals surface area contributed by atoms with E-state index in [9.17, 15) is 4.79 Å². The van der Waals surface area contributed by atoms with Crippen molar-refractivity contribution < 1.29 is 9.53 Å². The molecular formula is C21H22N2O2. The zero-order valence-corrected chi connectivity index (χ0v) is 14.4. The highest BCUT2D eigenvalue weighted by Crippen LogP contribution is 2.27. The lowest BCUT2D eigenvalue weighted by molar-refractivity contribution is -0.131. The Bertz CT molecular complexity index is 896. The minimum atomic E-state index is 0.181. The van der Waals surface area contributed by atoms with Crippen LogP contribution in [-0.4, -0.2) is 28.9 Å². The zero-order chi connectivity index (χ0) is 17.2. The highest BCUT2D eigenvalue weighted by Gasteiger charge is 2.23. The van der Waals surface area contributed by atoms with E-state index in [1.54, 1.807) is 0 Å². The number of nitrogens with zero attached hydrogens (tertiary/aromatic N) is 1. The molecule has 0 radical (unpaired) electrons. The Hall–Kier alpha value is -2.75. The second-order valence-corrected chi connectivity index (χ2v) is 6.45. The minimum absolute atomic E-state index is 0.181. The molecule has 0 atom stereocenters. The summed E-state index contributed by atoms with van der Waals surface area (Å²) < 4.78 is 5.45. The molecule has 0 saturated carbocycles. The number of rotatable bonds is 4. The summed E-state index contributed by atoms with van der Waals surface area (Å²) in [4.78, 5) is 18.2. The lowest BCUT2D eigenvalue weighted by atomic mass is 10.0. The average molecular weight is 334 g/mol. The van der Waals surface area contributed by atoms with Crippen molar-refractivity contribution in [2.24, 2.45) is 0 Å². The van der Waals surface area contributed by atoms with Crippen LogP contribution in [0.4, 0.5) is 0 Å². The summed E-state index contributed by atoms with van der Waals surface area (Å²) in [5, 5.41) is 1.23. The van der Waals surface area contributed by atoms with Gasteiger partial charge in [0.2, 0.25) is 5.91 Å². The molecule has 0 bridgehead atoms. The van der Waals surface area contributed by atoms with Crippen LogP contribution in [0.1, 0.15) is 23.7 Å². The number of nitrogens with one attached hydrogen (secondary N) is 1. The first-order valence-electron chi connectivity index (χ1n) is 8.82. The Kier molecular flexibility index (Phi) is 4.18. The van der Waals surface area contributed by atoms with Gasteiger partial charge in [-0.3, -0.25) is 4.79 Å². The highest BCUT2D eigenvalue weighted by molar-refractivity contribution is 5.86. The van der Waals surface area contributed by atoms with E-state index in [1.165, 1.54) is 16.6 Å². The molecule has 1 N–H and O–H groups in total. The van der Waals surface area contributed by atoms with E-state index in [4.69, 9.17) is 4.74 Å². The van der Waals surface area contributed by atoms with Gasteiger partial charge in [0, 0.05) is 41.7 Å². The molecule has 4 nitrogen and oxygen atoms in total. The Labute approximate surface area is 147 Å². The molecule has 2 heterocycles. The second kappa shape index (κ2) is 6.63. The predicted octanol–water partition coefficient (Wildman–Crippen LogP) is 3.69. The van der Waals surface area contributed by atoms with Crippen molar-refractivity contribution in [3.05, 3.63) is 65.4 Å². The van der Waals surface area contributed by atoms with Crippen molar-refractivity contribution in [2.45, 2.75) is 26.3 Å². The zero-order valence-electron chi connectivity index (χ0n) is 14.4. The second-order valence-electron chi connectivity index (χ2n) is 6.45. The fraction of sp³-hybridized carbons (Fsp3) is 0.286. The van der Waals surface area contributed by atoms with E-state index in [2.05, 4.69) is 23.2 Å². The SMILES string of the molecule is CCOc1ccc(CC(=O)N2CCc3[nH]c4ccccc4c3C2)cc1. The van der Waals surface area contributed by atoms with E-state index < -0.39 is 0 Å². The van der Waals surface area contributed by atoms with Crippen LogP contribution in [-0.2, 0) is 24.2 Å². The van der Waals surface area contributed by atoms with Crippen molar-refractivity contribution in [3.63, 3.8) is 0 Å². The number of carbonyl (C=O) groups is 1. The maximum absolute atomic E-state index is 12.7. The van der Waals surface area contributed by atoms with E-state index in [-0.39, 0.29) is 5.91 Å². The molecule has 1 aromatic heterocycles. The summed E-state index contributed by atoms with van der Waals surface area (Å²) in [5.41, 5.74) is 4.72. The maximum Gasteiger partial charge on any atom is 0.227 e. The van der Waals surface area contributed by atoms with Gasteiger partial charge in [-0.2, -0.15) is 0 Å². The largest absolute Gasteiger partial charge is 0.494 e. The number of fused-ring (bicyclic) bond motifs is 3. The predicted molar refractivity (Wildman–Crippen MR) is 98.7 cm³/mol. The van der Waals surface area contributed by atoms with Gasteiger partial charge < -0.3 is 14.6 Å². The van der Waals surface area contributed by atoms with E-state index in [0.29, 0.717) is 19.6 Å². The van der Waals surface area contributed by atoms with Crippen LogP contribution in [0.2, 0.25) is 0 Å². The standard InChI is InChI=1S/C21H22N2O2/c1-2-25-16-9-7-15(8-10-16)13-21(24)23-12-11-20-18(14-23)17-5-3-4-6-19(17)22-20/h3-10,22H,2,11-14H2,1H3. The fourth-order valence-electron chi connectivity index (χ4n) is 3.54. The van der Waals surface area contributed by atoms with Crippen LogP contribution < -0.4 is 4.74 Å². The molecule has 4 rings (SSSR count). The molecule has 4 heteroatoms. The Balaban J connectivity index is 1.48. The summed E-state index contributed by atoms with van der Waals surface area (Å²) in [6.45, 7) is 4.08. The van der Waals surface area contributed by atoms with Gasteiger partial charge >= 0.3 is 0 Å². The fourth-order valence-corrected chi connectivity index (χ4v) is 3.54. The van der Waals surface area contributed by atoms with Gasteiger partial charge in [0.15, 0.2) is 0 Å². The number of benzene rings is 2. The number of hydrogen-bond acceptors (Lipinski definition) is 2. The monoisotopic (exact) mass is 334 g/mol. The summed E-state index contributed by atoms with van der Waals surface area (Å²) in [5.74, 6) is 1.03. The van der Waals surface area contributed by atoms with Gasteiger partial charge in [0.05, 0.1) is 13.0 Å². The van der Waals surface area contributed by atoms with Crippen LogP contribution in [0, 0.1) is 0 Å². The molecule has 1 amide bonds. The molecule has 0 fully saturated rings. The third-order valence-corrected chi connectivity index (χ3v) is 4.83. The molecule has 128 valence electrons. The number of hydrogen-bond donors (Lipinski definition) is 1. The van der Waals surface area contributed by atoms with Crippen LogP contribution in [0.3, 0.4) is 0 Å². The van der Waals surface area contributed by atoms with Crippen LogP contribution >= 0.6 is 0 Å². The lowest BCUT2D eigenvalue weighted by Gasteiger charge is -2.27. The van der Waals surface area contributed by atoms with Gasteiger partial charge in [-0.15, -0.1) is 0 Å². The topological polar surface area (TPSA) is 45.3 Å². The summed E-state index contributed by atoms with van der Waals surface area (Å²) in [7, 11) is 0. The van der Waals surface area contributed by atoms with Crippen LogP contribution in [0.5, 0.6) is 5.75 Å². The van der Waals surface area contributed by atoms with E-state index in [0.717, 1.165) is 29.8 Å². The van der Waals surface area contributed by atoms with Gasteiger partial charge in [-0.1, -0.05) is 30.3 Å². The molecule has 0 saturated heterocycles. The first-order valence-corrected chi connectivity index (χ1v) is 8.82. The quantitative estimate of drug-likeness (QED) is 0.791. The van der Waals surface area contributed by atoms with Crippen molar-refractivity contribution in [1.82, 2.24) is 9.88 Å². The van der Waals surface area contributed by atoms with Crippen LogP contribution in [0.15, 0.2) is 48.5 Å². The smallest absolute Gasteiger partial charge is 0.227 e. The number of carbonyl (C=O) groups excluding carboxylic acids is 1. The number of aromatic nitrogens is 1. The molecule has 0 aliphatic carbocycles. The Morgan fingerprint density at radius 2 is 1.96 bits per heavy atom. The molecule has 0 spiro atoms. The summed E-state index contributed by atoms with van der Waals surface area (Å²) in [6, 6.07) is 16.1. The number of H-pyrrole nitrogens is 1. The molecule has 25 heavy (non-hydrogen) atoms. The third-order valence-electron chi connectivity index (χ3n) is 4.83. The van der Waals surface area contributed by atoms with Crippen molar-refractivity contribution in [1.29, 1.82) is 0 Å². The van der Waals surface area contributed by atoms with Crippen LogP contribution in [0.25, 0.3) is 10.9 Å². The van der Waals surface area contributed by atoms with E-state index in [1.807, 2.05) is 42.2 Å². The van der Waals surface area contributed by atoms with Crippen molar-refractivity contribution in [2.75, 3.05) is 13.2 Å². The van der Waals surface area contributed by atoms with E-state index >= 15 is 0 Å². The van der Waals surface area contributed by atoms with Gasteiger partial charge in [0.25, 0.3) is 0 Å². The summed E-state index contributed by atoms with van der Waals surface area (Å²) in [6.07, 6.45) is 1.32. The number of amides is 1. The molecule has 0 unspecified atom stereocenters. The number of aromatic amines is 1. The average Bonchev–Trinajstić information content (AvgIpc) is 3.01. The first-order chi connectivity index (χ1) is 12.2. The number of para-hydroxylation sites is 1. The normalized spacial score (nSPS) is 13.7. The molecule has 1 aliphatic rings. The minimum Gasteiger partial charge on any atom is -0.494 e. The van der Waals surface area contributed by atoms with Crippen molar-refractivity contribution >= 4 is 16.8 Å². The van der Waals surface area contributed by atoms with Crippen molar-refractivity contribution in [3.8, 4) is 5.75 Å². The Morgan fingerprint density at radius 3 is 2.76 bits per heavy atom. The maximum atomic E-state index is 12.7. The third kappa shape index (κ3) is 3.12. The van der Waals surface area contributed by atoms with Gasteiger partial charge in [0.1, 0.15) is 5.75 Å². The summed E-state index contributed by atoms with van der Waals surface area (Å²) >= 11 is 0. The molecule has 2 aromatic carbocycles. The molecular weight excluding hydrogens is 312 g/mol. The van der Waals surface area contributed by atoms with Gasteiger partial charge in [-0.05, 0) is 30.7 Å². The number of ether oxygens (including phenoxy) is 1.